The minimum atomic E-state index is 0.369. The number of pyridine rings is 1. The van der Waals surface area contributed by atoms with Crippen LogP contribution in [-0.4, -0.2) is 17.2 Å². The molecule has 0 unspecified atom stereocenters. The van der Waals surface area contributed by atoms with Gasteiger partial charge in [-0.25, -0.2) is 0 Å². The van der Waals surface area contributed by atoms with Crippen molar-refractivity contribution in [3.05, 3.63) is 41.5 Å². The van der Waals surface area contributed by atoms with Gasteiger partial charge in [-0.05, 0) is 26.1 Å². The summed E-state index contributed by atoms with van der Waals surface area (Å²) >= 11 is 0. The second-order valence-corrected chi connectivity index (χ2v) is 3.74. The fourth-order valence-corrected chi connectivity index (χ4v) is 1.42. The molecular formula is C12H15N3O2. The van der Waals surface area contributed by atoms with Gasteiger partial charge in [-0.3, -0.25) is 4.98 Å². The van der Waals surface area contributed by atoms with Crippen LogP contribution in [0.3, 0.4) is 0 Å². The van der Waals surface area contributed by atoms with E-state index in [1.54, 1.807) is 6.20 Å². The molecule has 0 saturated heterocycles. The van der Waals surface area contributed by atoms with Crippen molar-refractivity contribution in [1.82, 2.24) is 15.5 Å². The summed E-state index contributed by atoms with van der Waals surface area (Å²) < 4.78 is 10.6. The number of rotatable bonds is 5. The Morgan fingerprint density at radius 1 is 1.41 bits per heavy atom. The van der Waals surface area contributed by atoms with Crippen LogP contribution in [0.2, 0.25) is 0 Å². The molecule has 5 heteroatoms. The predicted molar refractivity (Wildman–Crippen MR) is 62.6 cm³/mol. The maximum Gasteiger partial charge on any atom is 0.174 e. The van der Waals surface area contributed by atoms with E-state index in [2.05, 4.69) is 15.5 Å². The number of ether oxygens (including phenoxy) is 1. The molecule has 0 bridgehead atoms. The highest BCUT2D eigenvalue weighted by atomic mass is 16.5. The largest absolute Gasteiger partial charge is 0.484 e. The Balaban J connectivity index is 1.90. The molecule has 0 radical (unpaired) electrons. The van der Waals surface area contributed by atoms with Gasteiger partial charge in [-0.2, -0.15) is 0 Å². The van der Waals surface area contributed by atoms with Gasteiger partial charge < -0.3 is 14.6 Å². The topological polar surface area (TPSA) is 60.2 Å². The van der Waals surface area contributed by atoms with Crippen molar-refractivity contribution in [1.29, 1.82) is 0 Å². The monoisotopic (exact) mass is 233 g/mol. The maximum atomic E-state index is 5.52. The molecule has 0 aliphatic rings. The predicted octanol–water partition coefficient (Wildman–Crippen LogP) is 1.68. The molecule has 2 aromatic rings. The summed E-state index contributed by atoms with van der Waals surface area (Å²) in [6, 6.07) is 5.67. The second-order valence-electron chi connectivity index (χ2n) is 3.74. The second kappa shape index (κ2) is 5.45. The molecule has 0 fully saturated rings. The van der Waals surface area contributed by atoms with Crippen LogP contribution < -0.4 is 10.1 Å². The van der Waals surface area contributed by atoms with Gasteiger partial charge in [-0.1, -0.05) is 5.16 Å². The first-order chi connectivity index (χ1) is 8.28. The highest BCUT2D eigenvalue weighted by Gasteiger charge is 2.02. The standard InChI is InChI=1S/C12H15N3O2/c1-9-5-12(17-15-9)8-16-11-4-3-10(6-13-2)14-7-11/h3-5,7,13H,6,8H2,1-2H3. The number of aryl methyl sites for hydroxylation is 1. The van der Waals surface area contributed by atoms with Crippen molar-refractivity contribution >= 4 is 0 Å². The van der Waals surface area contributed by atoms with E-state index >= 15 is 0 Å². The van der Waals surface area contributed by atoms with Crippen LogP contribution in [0.1, 0.15) is 17.1 Å². The quantitative estimate of drug-likeness (QED) is 0.851. The molecule has 0 aliphatic carbocycles. The molecule has 1 N–H and O–H groups in total. The summed E-state index contributed by atoms with van der Waals surface area (Å²) in [6.07, 6.45) is 1.70. The lowest BCUT2D eigenvalue weighted by Gasteiger charge is -2.04. The fourth-order valence-electron chi connectivity index (χ4n) is 1.42. The van der Waals surface area contributed by atoms with E-state index in [1.807, 2.05) is 32.2 Å². The lowest BCUT2D eigenvalue weighted by molar-refractivity contribution is 0.248. The average Bonchev–Trinajstić information content (AvgIpc) is 2.75. The van der Waals surface area contributed by atoms with Crippen molar-refractivity contribution in [3.63, 3.8) is 0 Å². The summed E-state index contributed by atoms with van der Waals surface area (Å²) in [5.41, 5.74) is 1.83. The van der Waals surface area contributed by atoms with E-state index in [4.69, 9.17) is 9.26 Å². The van der Waals surface area contributed by atoms with Crippen LogP contribution in [0, 0.1) is 6.92 Å². The van der Waals surface area contributed by atoms with E-state index in [1.165, 1.54) is 0 Å². The first-order valence-corrected chi connectivity index (χ1v) is 5.42. The molecule has 0 aromatic carbocycles. The Labute approximate surface area is 99.8 Å². The molecule has 17 heavy (non-hydrogen) atoms. The highest BCUT2D eigenvalue weighted by Crippen LogP contribution is 2.12. The van der Waals surface area contributed by atoms with Crippen molar-refractivity contribution in [2.75, 3.05) is 7.05 Å². The minimum absolute atomic E-state index is 0.369. The molecule has 2 heterocycles. The van der Waals surface area contributed by atoms with E-state index < -0.39 is 0 Å². The van der Waals surface area contributed by atoms with Gasteiger partial charge in [0, 0.05) is 12.6 Å². The summed E-state index contributed by atoms with van der Waals surface area (Å²) in [5, 5.41) is 6.83. The van der Waals surface area contributed by atoms with E-state index in [0.29, 0.717) is 12.4 Å². The Bertz CT molecular complexity index is 465. The van der Waals surface area contributed by atoms with E-state index in [9.17, 15) is 0 Å². The minimum Gasteiger partial charge on any atom is -0.484 e. The molecule has 2 aromatic heterocycles. The van der Waals surface area contributed by atoms with Gasteiger partial charge >= 0.3 is 0 Å². The smallest absolute Gasteiger partial charge is 0.174 e. The zero-order valence-electron chi connectivity index (χ0n) is 9.93. The van der Waals surface area contributed by atoms with Gasteiger partial charge in [0.25, 0.3) is 0 Å². The van der Waals surface area contributed by atoms with Crippen LogP contribution in [0.5, 0.6) is 5.75 Å². The van der Waals surface area contributed by atoms with Gasteiger partial charge in [0.2, 0.25) is 0 Å². The number of nitrogens with one attached hydrogen (secondary N) is 1. The van der Waals surface area contributed by atoms with Crippen molar-refractivity contribution in [2.24, 2.45) is 0 Å². The molecular weight excluding hydrogens is 218 g/mol. The Morgan fingerprint density at radius 2 is 2.29 bits per heavy atom. The van der Waals surface area contributed by atoms with Crippen molar-refractivity contribution < 1.29 is 9.26 Å². The molecule has 0 spiro atoms. The SMILES string of the molecule is CNCc1ccc(OCc2cc(C)no2)cn1. The number of aromatic nitrogens is 2. The first kappa shape index (κ1) is 11.6. The Kier molecular flexibility index (Phi) is 3.72. The molecule has 0 aliphatic heterocycles. The summed E-state index contributed by atoms with van der Waals surface area (Å²) in [5.74, 6) is 1.43. The molecule has 2 rings (SSSR count). The van der Waals surface area contributed by atoms with Gasteiger partial charge in [0.15, 0.2) is 5.76 Å². The van der Waals surface area contributed by atoms with Crippen LogP contribution in [0.25, 0.3) is 0 Å². The molecule has 0 atom stereocenters. The maximum absolute atomic E-state index is 5.52. The Morgan fingerprint density at radius 3 is 2.88 bits per heavy atom. The average molecular weight is 233 g/mol. The van der Waals surface area contributed by atoms with Gasteiger partial charge in [0.1, 0.15) is 12.4 Å². The summed E-state index contributed by atoms with van der Waals surface area (Å²) in [4.78, 5) is 4.25. The number of hydrogen-bond donors (Lipinski definition) is 1. The van der Waals surface area contributed by atoms with Crippen LogP contribution in [0.4, 0.5) is 0 Å². The van der Waals surface area contributed by atoms with Gasteiger partial charge in [-0.15, -0.1) is 0 Å². The molecule has 0 saturated carbocycles. The normalized spacial score (nSPS) is 10.5. The third-order valence-electron chi connectivity index (χ3n) is 2.21. The summed E-state index contributed by atoms with van der Waals surface area (Å²) in [7, 11) is 1.89. The van der Waals surface area contributed by atoms with Crippen molar-refractivity contribution in [2.45, 2.75) is 20.1 Å². The zero-order chi connectivity index (χ0) is 12.1. The Hall–Kier alpha value is -1.88. The summed E-state index contributed by atoms with van der Waals surface area (Å²) in [6.45, 7) is 3.00. The van der Waals surface area contributed by atoms with Crippen molar-refractivity contribution in [3.8, 4) is 5.75 Å². The van der Waals surface area contributed by atoms with Crippen LogP contribution >= 0.6 is 0 Å². The lowest BCUT2D eigenvalue weighted by atomic mass is 10.3. The lowest BCUT2D eigenvalue weighted by Crippen LogP contribution is -2.06. The van der Waals surface area contributed by atoms with E-state index in [0.717, 1.165) is 23.7 Å². The highest BCUT2D eigenvalue weighted by molar-refractivity contribution is 5.20. The van der Waals surface area contributed by atoms with Gasteiger partial charge in [0.05, 0.1) is 17.6 Å². The molecule has 90 valence electrons. The third-order valence-corrected chi connectivity index (χ3v) is 2.21. The molecule has 0 amide bonds. The fraction of sp³-hybridized carbons (Fsp3) is 0.333. The number of hydrogen-bond acceptors (Lipinski definition) is 5. The molecule has 5 nitrogen and oxygen atoms in total. The van der Waals surface area contributed by atoms with Crippen LogP contribution in [0.15, 0.2) is 28.9 Å². The first-order valence-electron chi connectivity index (χ1n) is 5.42. The number of nitrogens with zero attached hydrogens (tertiary/aromatic N) is 2. The van der Waals surface area contributed by atoms with E-state index in [-0.39, 0.29) is 0 Å². The zero-order valence-corrected chi connectivity index (χ0v) is 9.93. The third kappa shape index (κ3) is 3.29. The van der Waals surface area contributed by atoms with Crippen LogP contribution in [-0.2, 0) is 13.2 Å².